The predicted molar refractivity (Wildman–Crippen MR) is 61.7 cm³/mol. The second-order valence-corrected chi connectivity index (χ2v) is 3.95. The lowest BCUT2D eigenvalue weighted by molar-refractivity contribution is 0.949. The van der Waals surface area contributed by atoms with Crippen molar-refractivity contribution >= 4 is 23.0 Å². The van der Waals surface area contributed by atoms with E-state index in [1.165, 1.54) is 12.8 Å². The van der Waals surface area contributed by atoms with E-state index < -0.39 is 0 Å². The molecule has 0 saturated carbocycles. The van der Waals surface area contributed by atoms with Crippen molar-refractivity contribution in [2.24, 2.45) is 5.11 Å². The molecule has 0 radical (unpaired) electrons. The Balaban J connectivity index is 2.40. The first-order chi connectivity index (χ1) is 7.31. The molecule has 2 rings (SSSR count). The van der Waals surface area contributed by atoms with E-state index in [-0.39, 0.29) is 0 Å². The molecule has 0 aliphatic carbocycles. The molecule has 0 amide bonds. The zero-order valence-electron chi connectivity index (χ0n) is 8.23. The van der Waals surface area contributed by atoms with Gasteiger partial charge in [0.1, 0.15) is 0 Å². The number of hydrogen-bond donors (Lipinski definition) is 0. The number of halogens is 1. The van der Waals surface area contributed by atoms with Gasteiger partial charge in [0.05, 0.1) is 5.69 Å². The van der Waals surface area contributed by atoms with Gasteiger partial charge in [-0.25, -0.2) is 0 Å². The highest BCUT2D eigenvalue weighted by atomic mass is 35.5. The van der Waals surface area contributed by atoms with E-state index in [1.54, 1.807) is 6.07 Å². The molecule has 1 heterocycles. The average molecular weight is 223 g/mol. The van der Waals surface area contributed by atoms with Gasteiger partial charge in [0.25, 0.3) is 0 Å². The highest BCUT2D eigenvalue weighted by Gasteiger charge is 2.15. The third-order valence-electron chi connectivity index (χ3n) is 2.54. The SMILES string of the molecule is [N-]=[N+]=Nc1cc(Cl)ccc1N1CCCC1. The second-order valence-electron chi connectivity index (χ2n) is 3.52. The average Bonchev–Trinajstić information content (AvgIpc) is 2.71. The van der Waals surface area contributed by atoms with Crippen LogP contribution in [0.3, 0.4) is 0 Å². The highest BCUT2D eigenvalue weighted by molar-refractivity contribution is 6.31. The molecule has 0 spiro atoms. The van der Waals surface area contributed by atoms with E-state index in [4.69, 9.17) is 17.1 Å². The molecule has 0 unspecified atom stereocenters. The number of azide groups is 1. The van der Waals surface area contributed by atoms with Gasteiger partial charge in [-0.2, -0.15) is 0 Å². The number of rotatable bonds is 2. The maximum atomic E-state index is 8.47. The molecule has 5 heteroatoms. The molecule has 15 heavy (non-hydrogen) atoms. The zero-order chi connectivity index (χ0) is 10.7. The van der Waals surface area contributed by atoms with E-state index in [0.29, 0.717) is 10.7 Å². The van der Waals surface area contributed by atoms with Crippen molar-refractivity contribution < 1.29 is 0 Å². The predicted octanol–water partition coefficient (Wildman–Crippen LogP) is 3.88. The van der Waals surface area contributed by atoms with Crippen LogP contribution in [0.15, 0.2) is 23.3 Å². The zero-order valence-corrected chi connectivity index (χ0v) is 8.98. The van der Waals surface area contributed by atoms with Crippen molar-refractivity contribution in [3.05, 3.63) is 33.7 Å². The molecule has 0 N–H and O–H groups in total. The summed E-state index contributed by atoms with van der Waals surface area (Å²) in [7, 11) is 0. The maximum absolute atomic E-state index is 8.47. The van der Waals surface area contributed by atoms with Crippen LogP contribution in [0.1, 0.15) is 12.8 Å². The van der Waals surface area contributed by atoms with Gasteiger partial charge in [-0.1, -0.05) is 16.7 Å². The molecule has 1 aromatic rings. The van der Waals surface area contributed by atoms with Gasteiger partial charge in [-0.3, -0.25) is 0 Å². The van der Waals surface area contributed by atoms with Crippen LogP contribution >= 0.6 is 11.6 Å². The fourth-order valence-corrected chi connectivity index (χ4v) is 2.02. The van der Waals surface area contributed by atoms with Crippen LogP contribution in [-0.2, 0) is 0 Å². The number of nitrogens with zero attached hydrogens (tertiary/aromatic N) is 4. The minimum Gasteiger partial charge on any atom is -0.371 e. The molecule has 0 atom stereocenters. The monoisotopic (exact) mass is 222 g/mol. The van der Waals surface area contributed by atoms with Crippen LogP contribution in [0, 0.1) is 0 Å². The fourth-order valence-electron chi connectivity index (χ4n) is 1.85. The van der Waals surface area contributed by atoms with Crippen LogP contribution in [0.2, 0.25) is 5.02 Å². The van der Waals surface area contributed by atoms with Gasteiger partial charge in [0.15, 0.2) is 0 Å². The summed E-state index contributed by atoms with van der Waals surface area (Å²) in [5.74, 6) is 0. The van der Waals surface area contributed by atoms with Gasteiger partial charge in [-0.05, 0) is 36.6 Å². The van der Waals surface area contributed by atoms with E-state index in [1.807, 2.05) is 12.1 Å². The molecule has 0 aromatic heterocycles. The third kappa shape index (κ3) is 2.17. The normalized spacial score (nSPS) is 15.1. The number of benzene rings is 1. The van der Waals surface area contributed by atoms with Crippen molar-refractivity contribution in [3.63, 3.8) is 0 Å². The lowest BCUT2D eigenvalue weighted by Crippen LogP contribution is -2.17. The second kappa shape index (κ2) is 4.43. The summed E-state index contributed by atoms with van der Waals surface area (Å²) in [6.45, 7) is 2.05. The molecular formula is C10H11ClN4. The molecule has 0 bridgehead atoms. The molecular weight excluding hydrogens is 212 g/mol. The van der Waals surface area contributed by atoms with E-state index in [9.17, 15) is 0 Å². The minimum absolute atomic E-state index is 0.598. The van der Waals surface area contributed by atoms with Crippen molar-refractivity contribution in [1.29, 1.82) is 0 Å². The Morgan fingerprint density at radius 1 is 1.33 bits per heavy atom. The van der Waals surface area contributed by atoms with Crippen LogP contribution in [0.4, 0.5) is 11.4 Å². The quantitative estimate of drug-likeness (QED) is 0.426. The summed E-state index contributed by atoms with van der Waals surface area (Å²) in [5.41, 5.74) is 10.1. The Kier molecular flexibility index (Phi) is 2.99. The standard InChI is InChI=1S/C10H11ClN4/c11-8-3-4-10(9(7-8)13-14-12)15-5-1-2-6-15/h3-4,7H,1-2,5-6H2. The van der Waals surface area contributed by atoms with Crippen LogP contribution in [0.5, 0.6) is 0 Å². The Morgan fingerprint density at radius 2 is 2.07 bits per heavy atom. The van der Waals surface area contributed by atoms with Gasteiger partial charge in [0, 0.05) is 28.7 Å². The van der Waals surface area contributed by atoms with Crippen LogP contribution < -0.4 is 4.90 Å². The van der Waals surface area contributed by atoms with Gasteiger partial charge >= 0.3 is 0 Å². The largest absolute Gasteiger partial charge is 0.371 e. The maximum Gasteiger partial charge on any atom is 0.0623 e. The summed E-state index contributed by atoms with van der Waals surface area (Å²) in [6, 6.07) is 5.44. The minimum atomic E-state index is 0.598. The molecule has 1 aliphatic rings. The number of anilines is 1. The third-order valence-corrected chi connectivity index (χ3v) is 2.77. The van der Waals surface area contributed by atoms with Crippen molar-refractivity contribution in [1.82, 2.24) is 0 Å². The highest BCUT2D eigenvalue weighted by Crippen LogP contribution is 2.33. The van der Waals surface area contributed by atoms with Crippen LogP contribution in [0.25, 0.3) is 10.4 Å². The first-order valence-electron chi connectivity index (χ1n) is 4.91. The summed E-state index contributed by atoms with van der Waals surface area (Å²) < 4.78 is 0. The molecule has 1 aliphatic heterocycles. The van der Waals surface area contributed by atoms with Crippen molar-refractivity contribution in [2.45, 2.75) is 12.8 Å². The first kappa shape index (κ1) is 10.1. The summed E-state index contributed by atoms with van der Waals surface area (Å²) >= 11 is 5.86. The smallest absolute Gasteiger partial charge is 0.0623 e. The van der Waals surface area contributed by atoms with Gasteiger partial charge < -0.3 is 4.90 Å². The molecule has 78 valence electrons. The Morgan fingerprint density at radius 3 is 2.73 bits per heavy atom. The Labute approximate surface area is 93.1 Å². The van der Waals surface area contributed by atoms with Crippen LogP contribution in [-0.4, -0.2) is 13.1 Å². The summed E-state index contributed by atoms with van der Waals surface area (Å²) in [4.78, 5) is 5.04. The lowest BCUT2D eigenvalue weighted by atomic mass is 10.2. The molecule has 1 aromatic carbocycles. The summed E-state index contributed by atoms with van der Waals surface area (Å²) in [5, 5.41) is 4.26. The van der Waals surface area contributed by atoms with E-state index in [0.717, 1.165) is 18.8 Å². The lowest BCUT2D eigenvalue weighted by Gasteiger charge is -2.19. The topological polar surface area (TPSA) is 52.0 Å². The molecule has 4 nitrogen and oxygen atoms in total. The molecule has 1 saturated heterocycles. The first-order valence-corrected chi connectivity index (χ1v) is 5.28. The van der Waals surface area contributed by atoms with Gasteiger partial charge in [0.2, 0.25) is 0 Å². The van der Waals surface area contributed by atoms with Crippen molar-refractivity contribution in [2.75, 3.05) is 18.0 Å². The van der Waals surface area contributed by atoms with Gasteiger partial charge in [-0.15, -0.1) is 0 Å². The Hall–Kier alpha value is -1.38. The summed E-state index contributed by atoms with van der Waals surface area (Å²) in [6.07, 6.45) is 2.39. The molecule has 1 fully saturated rings. The van der Waals surface area contributed by atoms with E-state index >= 15 is 0 Å². The fraction of sp³-hybridized carbons (Fsp3) is 0.400. The van der Waals surface area contributed by atoms with Crippen molar-refractivity contribution in [3.8, 4) is 0 Å². The van der Waals surface area contributed by atoms with E-state index in [2.05, 4.69) is 14.9 Å². The number of hydrogen-bond acceptors (Lipinski definition) is 2. The Bertz CT molecular complexity index is 406.